The molecule has 0 saturated heterocycles. The van der Waals surface area contributed by atoms with Crippen molar-refractivity contribution in [3.05, 3.63) is 42.0 Å². The van der Waals surface area contributed by atoms with Crippen molar-refractivity contribution in [3.63, 3.8) is 0 Å². The summed E-state index contributed by atoms with van der Waals surface area (Å²) in [6.07, 6.45) is 0. The van der Waals surface area contributed by atoms with E-state index in [1.807, 2.05) is 0 Å². The van der Waals surface area contributed by atoms with Gasteiger partial charge in [0.05, 0.1) is 6.54 Å². The molecule has 2 aromatic rings. The van der Waals surface area contributed by atoms with Crippen LogP contribution < -0.4 is 29.6 Å². The molecule has 1 unspecified atom stereocenters. The number of rotatable bonds is 4. The predicted octanol–water partition coefficient (Wildman–Crippen LogP) is 1.11. The highest BCUT2D eigenvalue weighted by Crippen LogP contribution is 2.36. The van der Waals surface area contributed by atoms with Crippen molar-refractivity contribution < 1.29 is 33.6 Å². The molecular weight excluding hydrogens is 368 g/mol. The first-order valence-corrected chi connectivity index (χ1v) is 8.54. The van der Waals surface area contributed by atoms with Crippen LogP contribution in [0.1, 0.15) is 12.5 Å². The summed E-state index contributed by atoms with van der Waals surface area (Å²) in [7, 11) is 0. The predicted molar refractivity (Wildman–Crippen MR) is 96.3 cm³/mol. The van der Waals surface area contributed by atoms with Gasteiger partial charge in [-0.1, -0.05) is 6.07 Å². The van der Waals surface area contributed by atoms with Gasteiger partial charge in [-0.05, 0) is 36.8 Å². The number of amides is 2. The van der Waals surface area contributed by atoms with Gasteiger partial charge in [0.2, 0.25) is 13.6 Å². The molecule has 28 heavy (non-hydrogen) atoms. The Balaban J connectivity index is 1.36. The second-order valence-corrected chi connectivity index (χ2v) is 6.55. The van der Waals surface area contributed by atoms with Gasteiger partial charge in [0.25, 0.3) is 0 Å². The average molecular weight is 386 g/mol. The van der Waals surface area contributed by atoms with Gasteiger partial charge < -0.3 is 34.7 Å². The fraction of sp³-hybridized carbons (Fsp3) is 0.263. The summed E-state index contributed by atoms with van der Waals surface area (Å²) in [6.45, 7) is 1.60. The van der Waals surface area contributed by atoms with Crippen LogP contribution in [-0.4, -0.2) is 37.1 Å². The maximum Gasteiger partial charge on any atom is 0.313 e. The first-order chi connectivity index (χ1) is 13.4. The van der Waals surface area contributed by atoms with Gasteiger partial charge in [-0.25, -0.2) is 0 Å². The Kier molecular flexibility index (Phi) is 4.44. The summed E-state index contributed by atoms with van der Waals surface area (Å²) in [5, 5.41) is 15.6. The molecule has 146 valence electrons. The lowest BCUT2D eigenvalue weighted by atomic mass is 9.95. The fourth-order valence-electron chi connectivity index (χ4n) is 2.83. The number of aliphatic hydroxyl groups is 1. The Bertz CT molecular complexity index is 942. The molecule has 0 radical (unpaired) electrons. The number of nitrogens with one attached hydrogen (secondary N) is 2. The van der Waals surface area contributed by atoms with Gasteiger partial charge in [-0.3, -0.25) is 9.59 Å². The second kappa shape index (κ2) is 6.93. The maximum absolute atomic E-state index is 12.1. The van der Waals surface area contributed by atoms with Gasteiger partial charge >= 0.3 is 11.8 Å². The molecular formula is C19H18N2O7. The number of carbonyl (C=O) groups excluding carboxylic acids is 2. The lowest BCUT2D eigenvalue weighted by Gasteiger charge is -2.24. The molecule has 0 fully saturated rings. The van der Waals surface area contributed by atoms with E-state index in [0.717, 1.165) is 0 Å². The maximum atomic E-state index is 12.1. The molecule has 0 aliphatic carbocycles. The minimum atomic E-state index is -1.41. The van der Waals surface area contributed by atoms with Gasteiger partial charge in [0.1, 0.15) is 5.60 Å². The number of hydrogen-bond acceptors (Lipinski definition) is 7. The number of benzene rings is 2. The Morgan fingerprint density at radius 3 is 2.25 bits per heavy atom. The van der Waals surface area contributed by atoms with Crippen LogP contribution in [0.15, 0.2) is 36.4 Å². The molecule has 3 N–H and O–H groups in total. The van der Waals surface area contributed by atoms with Crippen LogP contribution in [-0.2, 0) is 15.2 Å². The van der Waals surface area contributed by atoms with Gasteiger partial charge in [-0.2, -0.15) is 0 Å². The van der Waals surface area contributed by atoms with E-state index < -0.39 is 17.4 Å². The molecule has 0 saturated carbocycles. The van der Waals surface area contributed by atoms with E-state index in [4.69, 9.17) is 18.9 Å². The molecule has 0 spiro atoms. The van der Waals surface area contributed by atoms with Crippen LogP contribution in [0.4, 0.5) is 5.69 Å². The molecule has 9 heteroatoms. The number of ether oxygens (including phenoxy) is 4. The molecule has 2 heterocycles. The molecule has 9 nitrogen and oxygen atoms in total. The molecule has 2 aliphatic heterocycles. The van der Waals surface area contributed by atoms with Crippen LogP contribution in [0.25, 0.3) is 0 Å². The summed E-state index contributed by atoms with van der Waals surface area (Å²) in [6, 6.07) is 9.80. The van der Waals surface area contributed by atoms with Crippen molar-refractivity contribution in [2.45, 2.75) is 12.5 Å². The van der Waals surface area contributed by atoms with E-state index in [1.54, 1.807) is 36.4 Å². The molecule has 4 rings (SSSR count). The van der Waals surface area contributed by atoms with Crippen molar-refractivity contribution in [3.8, 4) is 23.0 Å². The van der Waals surface area contributed by atoms with Gasteiger partial charge in [0, 0.05) is 11.8 Å². The summed E-state index contributed by atoms with van der Waals surface area (Å²) < 4.78 is 20.9. The lowest BCUT2D eigenvalue weighted by molar-refractivity contribution is -0.136. The minimum Gasteiger partial charge on any atom is -0.454 e. The normalized spacial score (nSPS) is 15.6. The molecule has 0 aromatic heterocycles. The summed E-state index contributed by atoms with van der Waals surface area (Å²) in [4.78, 5) is 24.2. The Hall–Kier alpha value is -3.46. The van der Waals surface area contributed by atoms with E-state index >= 15 is 0 Å². The summed E-state index contributed by atoms with van der Waals surface area (Å²) in [5.74, 6) is 0.432. The second-order valence-electron chi connectivity index (χ2n) is 6.55. The highest BCUT2D eigenvalue weighted by Gasteiger charge is 2.28. The number of fused-ring (bicyclic) bond motifs is 2. The van der Waals surface area contributed by atoms with Gasteiger partial charge in [-0.15, -0.1) is 0 Å². The van der Waals surface area contributed by atoms with Crippen LogP contribution >= 0.6 is 0 Å². The van der Waals surface area contributed by atoms with Crippen molar-refractivity contribution in [2.75, 3.05) is 25.4 Å². The molecule has 1 atom stereocenters. The van der Waals surface area contributed by atoms with Crippen LogP contribution in [0.5, 0.6) is 23.0 Å². The largest absolute Gasteiger partial charge is 0.454 e. The first kappa shape index (κ1) is 17.9. The van der Waals surface area contributed by atoms with E-state index in [-0.39, 0.29) is 20.1 Å². The van der Waals surface area contributed by atoms with Crippen LogP contribution in [0, 0.1) is 0 Å². The van der Waals surface area contributed by atoms with Crippen molar-refractivity contribution in [1.82, 2.24) is 5.32 Å². The van der Waals surface area contributed by atoms with Crippen molar-refractivity contribution in [2.24, 2.45) is 0 Å². The molecule has 2 aliphatic rings. The molecule has 2 amide bonds. The van der Waals surface area contributed by atoms with Crippen LogP contribution in [0.2, 0.25) is 0 Å². The Morgan fingerprint density at radius 1 is 0.929 bits per heavy atom. The van der Waals surface area contributed by atoms with Crippen LogP contribution in [0.3, 0.4) is 0 Å². The monoisotopic (exact) mass is 386 g/mol. The number of anilines is 1. The molecule has 0 bridgehead atoms. The quantitative estimate of drug-likeness (QED) is 0.674. The lowest BCUT2D eigenvalue weighted by Crippen LogP contribution is -2.43. The summed E-state index contributed by atoms with van der Waals surface area (Å²) in [5.41, 5.74) is -0.490. The number of hydrogen-bond donors (Lipinski definition) is 3. The third kappa shape index (κ3) is 3.52. The standard InChI is InChI=1S/C19H18N2O7/c1-19(24,11-2-4-13-15(6-11)27-9-25-13)8-20-17(22)18(23)21-12-3-5-14-16(7-12)28-10-26-14/h2-7,24H,8-10H2,1H3,(H,20,22)(H,21,23). The Morgan fingerprint density at radius 2 is 1.54 bits per heavy atom. The zero-order valence-electron chi connectivity index (χ0n) is 15.0. The summed E-state index contributed by atoms with van der Waals surface area (Å²) >= 11 is 0. The smallest absolute Gasteiger partial charge is 0.313 e. The van der Waals surface area contributed by atoms with Gasteiger partial charge in [0.15, 0.2) is 23.0 Å². The zero-order valence-corrected chi connectivity index (χ0v) is 15.0. The van der Waals surface area contributed by atoms with E-state index in [9.17, 15) is 14.7 Å². The SMILES string of the molecule is CC(O)(CNC(=O)C(=O)Nc1ccc2c(c1)OCO2)c1ccc2c(c1)OCO2. The Labute approximate surface area is 160 Å². The van der Waals surface area contributed by atoms with E-state index in [1.165, 1.54) is 6.92 Å². The highest BCUT2D eigenvalue weighted by molar-refractivity contribution is 6.39. The number of carbonyl (C=O) groups is 2. The molecule has 2 aromatic carbocycles. The van der Waals surface area contributed by atoms with Crippen molar-refractivity contribution in [1.29, 1.82) is 0 Å². The fourth-order valence-corrected chi connectivity index (χ4v) is 2.83. The topological polar surface area (TPSA) is 115 Å². The third-order valence-corrected chi connectivity index (χ3v) is 4.42. The van der Waals surface area contributed by atoms with E-state index in [2.05, 4.69) is 10.6 Å². The van der Waals surface area contributed by atoms with E-state index in [0.29, 0.717) is 34.2 Å². The third-order valence-electron chi connectivity index (χ3n) is 4.42. The van der Waals surface area contributed by atoms with Crippen molar-refractivity contribution >= 4 is 17.5 Å². The highest BCUT2D eigenvalue weighted by atomic mass is 16.7. The minimum absolute atomic E-state index is 0.113. The average Bonchev–Trinajstić information content (AvgIpc) is 3.33. The first-order valence-electron chi connectivity index (χ1n) is 8.54. The zero-order chi connectivity index (χ0) is 19.7.